The first kappa shape index (κ1) is 4.89. The van der Waals surface area contributed by atoms with Crippen molar-refractivity contribution in [2.75, 3.05) is 27.1 Å². The minimum absolute atomic E-state index is 0.380. The summed E-state index contributed by atoms with van der Waals surface area (Å²) in [4.78, 5) is -0.551. The molecule has 1 N–H and O–H groups in total. The van der Waals surface area contributed by atoms with Gasteiger partial charge in [0.1, 0.15) is 0 Å². The predicted molar refractivity (Wildman–Crippen MR) is 91.1 cm³/mol. The van der Waals surface area contributed by atoms with Gasteiger partial charge in [-0.1, -0.05) is 13.8 Å². The van der Waals surface area contributed by atoms with Crippen molar-refractivity contribution < 1.29 is 42.0 Å². The van der Waals surface area contributed by atoms with Crippen molar-refractivity contribution in [2.24, 2.45) is 11.8 Å². The molecule has 2 aliphatic heterocycles. The first-order chi connectivity index (χ1) is 18.6. The van der Waals surface area contributed by atoms with E-state index in [4.69, 9.17) is 35.5 Å². The second kappa shape index (κ2) is 6.70. The lowest BCUT2D eigenvalue weighted by Crippen LogP contribution is -2.48. The maximum Gasteiger partial charge on any atom is 0.161 e. The van der Waals surface area contributed by atoms with E-state index in [0.717, 1.165) is 7.11 Å². The summed E-state index contributed by atoms with van der Waals surface area (Å²) in [6.07, 6.45) is -16.6. The molecule has 0 aliphatic carbocycles. The molecule has 1 fully saturated rings. The number of nitrogens with zero attached hydrogens (tertiary/aromatic N) is 1. The van der Waals surface area contributed by atoms with Crippen LogP contribution in [0.3, 0.4) is 0 Å². The van der Waals surface area contributed by atoms with Crippen LogP contribution < -0.4 is 9.47 Å². The van der Waals surface area contributed by atoms with E-state index < -0.39 is 97.4 Å². The van der Waals surface area contributed by atoms with E-state index in [1.54, 1.807) is 0 Å². The summed E-state index contributed by atoms with van der Waals surface area (Å²) < 4.78 is 177. The van der Waals surface area contributed by atoms with Crippen molar-refractivity contribution >= 4 is 0 Å². The Bertz CT molecular complexity index is 1300. The summed E-state index contributed by atoms with van der Waals surface area (Å²) >= 11 is 0. The lowest BCUT2D eigenvalue weighted by Gasteiger charge is -2.46. The van der Waals surface area contributed by atoms with E-state index in [1.165, 1.54) is 0 Å². The molecular weight excluding hydrogens is 290 g/mol. The number of hydrogen-bond donors (Lipinski definition) is 1. The Hall–Kier alpha value is -1.26. The van der Waals surface area contributed by atoms with Gasteiger partial charge in [-0.3, -0.25) is 4.90 Å². The highest BCUT2D eigenvalue weighted by Crippen LogP contribution is 2.43. The average Bonchev–Trinajstić information content (AvgIpc) is 2.78. The molecular formula is C19H29NO3. The number of rotatable bonds is 4. The third-order valence-electron chi connectivity index (χ3n) is 3.20. The zero-order valence-electron chi connectivity index (χ0n) is 32.4. The summed E-state index contributed by atoms with van der Waals surface area (Å²) in [5.74, 6) is -9.43. The Balaban J connectivity index is 2.62. The van der Waals surface area contributed by atoms with Crippen molar-refractivity contribution in [1.82, 2.24) is 4.90 Å². The minimum Gasteiger partial charge on any atom is -0.493 e. The Kier molecular flexibility index (Phi) is 1.42. The van der Waals surface area contributed by atoms with Gasteiger partial charge in [0, 0.05) is 39.6 Å². The molecule has 1 aromatic carbocycles. The molecule has 4 unspecified atom stereocenters. The lowest BCUT2D eigenvalue weighted by molar-refractivity contribution is -0.0191. The van der Waals surface area contributed by atoms with Crippen LogP contribution in [0.5, 0.6) is 11.5 Å². The molecule has 0 radical (unpaired) electrons. The maximum atomic E-state index is 11.5. The molecule has 3 rings (SSSR count). The van der Waals surface area contributed by atoms with Crippen LogP contribution >= 0.6 is 0 Å². The molecule has 0 saturated carbocycles. The number of aliphatic hydroxyl groups is 1. The van der Waals surface area contributed by atoms with Crippen molar-refractivity contribution in [2.45, 2.75) is 45.0 Å². The van der Waals surface area contributed by atoms with Crippen molar-refractivity contribution in [3.8, 4) is 11.5 Å². The number of hydrogen-bond acceptors (Lipinski definition) is 4. The summed E-state index contributed by atoms with van der Waals surface area (Å²) in [6, 6.07) is -2.65. The van der Waals surface area contributed by atoms with Gasteiger partial charge in [-0.05, 0) is 54.2 Å². The maximum absolute atomic E-state index is 11.5. The molecule has 0 aromatic heterocycles. The van der Waals surface area contributed by atoms with Gasteiger partial charge in [-0.15, -0.1) is 0 Å². The minimum atomic E-state index is -4.54. The van der Waals surface area contributed by atoms with Gasteiger partial charge < -0.3 is 14.6 Å². The van der Waals surface area contributed by atoms with Crippen LogP contribution in [0.4, 0.5) is 0 Å². The van der Waals surface area contributed by atoms with Crippen molar-refractivity contribution in [3.63, 3.8) is 0 Å². The number of methoxy groups -OCH3 is 2. The summed E-state index contributed by atoms with van der Waals surface area (Å²) in [7, 11) is -2.24. The third-order valence-corrected chi connectivity index (χ3v) is 3.20. The Morgan fingerprint density at radius 1 is 1.57 bits per heavy atom. The zero-order valence-corrected chi connectivity index (χ0v) is 12.4. The quantitative estimate of drug-likeness (QED) is 0.915. The summed E-state index contributed by atoms with van der Waals surface area (Å²) in [5, 5.41) is 11.5. The van der Waals surface area contributed by atoms with Crippen LogP contribution in [0, 0.1) is 11.8 Å². The van der Waals surface area contributed by atoms with Gasteiger partial charge in [0.15, 0.2) is 11.5 Å². The lowest BCUT2D eigenvalue weighted by atomic mass is 9.79. The fourth-order valence-corrected chi connectivity index (χ4v) is 2.21. The van der Waals surface area contributed by atoms with Gasteiger partial charge in [0.25, 0.3) is 0 Å². The molecule has 2 aliphatic rings. The normalized spacial score (nSPS) is 62.9. The fraction of sp³-hybridized carbons (Fsp3) is 0.684. The monoisotopic (exact) mass is 339 g/mol. The zero-order chi connectivity index (χ0) is 34.2. The molecule has 0 spiro atoms. The van der Waals surface area contributed by atoms with Crippen molar-refractivity contribution in [1.29, 1.82) is 0 Å². The number of piperidine rings is 1. The molecule has 1 saturated heterocycles. The van der Waals surface area contributed by atoms with Crippen LogP contribution in [0.25, 0.3) is 0 Å². The molecule has 0 bridgehead atoms. The SMILES string of the molecule is [2H]C([2H])([2H])Oc1cc2c(cc1OC)C([2H])([2H])C([2H])([2H])N1C([2H])([2H])C([2H])(C([2H])([2H])C([2H])(C)C([2H])([2H])[2H])C([2H])(O)C([2H])([2H])C21[2H]. The molecule has 4 heteroatoms. The van der Waals surface area contributed by atoms with E-state index in [-0.39, 0.29) is 0 Å². The Morgan fingerprint density at radius 2 is 2.39 bits per heavy atom. The summed E-state index contributed by atoms with van der Waals surface area (Å²) in [6.45, 7) is -11.6. The predicted octanol–water partition coefficient (Wildman–Crippen LogP) is 3.03. The fourth-order valence-electron chi connectivity index (χ4n) is 2.21. The highest BCUT2D eigenvalue weighted by atomic mass is 16.5. The molecule has 0 amide bonds. The van der Waals surface area contributed by atoms with Gasteiger partial charge in [0.2, 0.25) is 0 Å². The second-order valence-electron chi connectivity index (χ2n) is 4.78. The van der Waals surface area contributed by atoms with Gasteiger partial charge in [0.05, 0.1) is 27.1 Å². The van der Waals surface area contributed by atoms with Crippen LogP contribution in [0.1, 0.15) is 71.1 Å². The van der Waals surface area contributed by atoms with Crippen LogP contribution in [0.2, 0.25) is 0 Å². The summed E-state index contributed by atoms with van der Waals surface area (Å²) in [5.41, 5.74) is -2.01. The average molecular weight is 340 g/mol. The van der Waals surface area contributed by atoms with Crippen LogP contribution in [-0.4, -0.2) is 43.2 Å². The highest BCUT2D eigenvalue weighted by molar-refractivity contribution is 5.49. The molecule has 4 atom stereocenters. The Morgan fingerprint density at radius 3 is 3.13 bits per heavy atom. The molecule has 128 valence electrons. The highest BCUT2D eigenvalue weighted by Gasteiger charge is 2.38. The molecule has 1 aromatic rings. The molecule has 4 nitrogen and oxygen atoms in total. The first-order valence-electron chi connectivity index (χ1n) is 16.6. The largest absolute Gasteiger partial charge is 0.493 e. The van der Waals surface area contributed by atoms with Gasteiger partial charge in [-0.2, -0.15) is 0 Å². The van der Waals surface area contributed by atoms with E-state index >= 15 is 0 Å². The van der Waals surface area contributed by atoms with E-state index in [2.05, 4.69) is 0 Å². The van der Waals surface area contributed by atoms with E-state index in [1.807, 2.05) is 0 Å². The topological polar surface area (TPSA) is 41.9 Å². The first-order valence-corrected chi connectivity index (χ1v) is 6.57. The standard InChI is InChI=1S/C19H29NO3/c1-12(2)7-14-11-20-6-5-13-8-18(22-3)19(23-4)9-15(13)16(20)10-17(14)21/h8-9,12,14,16-17,21H,5-7,10-11H2,1-4H3/i1D3,4D3,5D2,6D2,7D2,10D2,11D2,12D,14D,16D,17D. The van der Waals surface area contributed by atoms with Crippen LogP contribution in [-0.2, 0) is 6.37 Å². The number of ether oxygens (including phenoxy) is 2. The number of benzene rings is 1. The van der Waals surface area contributed by atoms with Crippen LogP contribution in [0.15, 0.2) is 12.1 Å². The van der Waals surface area contributed by atoms with E-state index in [0.29, 0.717) is 19.1 Å². The Labute approximate surface area is 167 Å². The third kappa shape index (κ3) is 3.20. The number of aryl methyl sites for hydroxylation is 1. The van der Waals surface area contributed by atoms with Gasteiger partial charge in [-0.25, -0.2) is 0 Å². The second-order valence-corrected chi connectivity index (χ2v) is 4.78. The van der Waals surface area contributed by atoms with E-state index in [9.17, 15) is 6.48 Å². The smallest absolute Gasteiger partial charge is 0.161 e. The van der Waals surface area contributed by atoms with Crippen molar-refractivity contribution in [3.05, 3.63) is 23.3 Å². The molecule has 23 heavy (non-hydrogen) atoms. The van der Waals surface area contributed by atoms with Gasteiger partial charge >= 0.3 is 0 Å². The number of fused-ring (bicyclic) bond motifs is 3. The molecule has 2 heterocycles.